The van der Waals surface area contributed by atoms with Crippen LogP contribution in [0.5, 0.6) is 5.75 Å². The number of hydrogen-bond donors (Lipinski definition) is 1. The minimum atomic E-state index is 0.279. The van der Waals surface area contributed by atoms with Gasteiger partial charge in [-0.1, -0.05) is 23.8 Å². The first-order valence-corrected chi connectivity index (χ1v) is 6.73. The van der Waals surface area contributed by atoms with Gasteiger partial charge in [-0.3, -0.25) is 0 Å². The van der Waals surface area contributed by atoms with E-state index in [9.17, 15) is 0 Å². The summed E-state index contributed by atoms with van der Waals surface area (Å²) in [6.45, 7) is 3.64. The Hall–Kier alpha value is -1.32. The first-order chi connectivity index (χ1) is 9.26. The Morgan fingerprint density at radius 3 is 2.58 bits per heavy atom. The molecule has 0 atom stereocenters. The van der Waals surface area contributed by atoms with Crippen molar-refractivity contribution in [3.05, 3.63) is 41.5 Å². The van der Waals surface area contributed by atoms with Crippen LogP contribution in [0.15, 0.2) is 35.9 Å². The Morgan fingerprint density at radius 2 is 1.95 bits per heavy atom. The van der Waals surface area contributed by atoms with Crippen LogP contribution in [-0.4, -0.2) is 25.4 Å². The maximum atomic E-state index is 8.70. The summed E-state index contributed by atoms with van der Waals surface area (Å²) < 4.78 is 10.7. The fourth-order valence-electron chi connectivity index (χ4n) is 1.72. The number of allylic oxidation sites excluding steroid dienone is 1. The average molecular weight is 264 g/mol. The van der Waals surface area contributed by atoms with Gasteiger partial charge in [-0.05, 0) is 43.9 Å². The zero-order valence-electron chi connectivity index (χ0n) is 11.9. The van der Waals surface area contributed by atoms with Crippen LogP contribution >= 0.6 is 0 Å². The van der Waals surface area contributed by atoms with Gasteiger partial charge < -0.3 is 14.6 Å². The van der Waals surface area contributed by atoms with Gasteiger partial charge in [-0.2, -0.15) is 0 Å². The third kappa shape index (κ3) is 6.99. The van der Waals surface area contributed by atoms with E-state index in [4.69, 9.17) is 14.6 Å². The van der Waals surface area contributed by atoms with E-state index in [1.54, 1.807) is 7.11 Å². The van der Waals surface area contributed by atoms with Crippen molar-refractivity contribution in [2.45, 2.75) is 32.8 Å². The fraction of sp³-hybridized carbons (Fsp3) is 0.500. The molecule has 0 saturated heterocycles. The Balaban J connectivity index is 2.20. The van der Waals surface area contributed by atoms with Crippen molar-refractivity contribution >= 4 is 0 Å². The summed E-state index contributed by atoms with van der Waals surface area (Å²) in [4.78, 5) is 0. The molecule has 1 N–H and O–H groups in total. The molecule has 0 unspecified atom stereocenters. The molecule has 1 aromatic rings. The molecule has 19 heavy (non-hydrogen) atoms. The first-order valence-electron chi connectivity index (χ1n) is 6.73. The molecule has 1 aromatic carbocycles. The second-order valence-electron chi connectivity index (χ2n) is 4.59. The maximum absolute atomic E-state index is 8.70. The quantitative estimate of drug-likeness (QED) is 0.549. The van der Waals surface area contributed by atoms with Crippen LogP contribution < -0.4 is 4.74 Å². The maximum Gasteiger partial charge on any atom is 0.118 e. The summed E-state index contributed by atoms with van der Waals surface area (Å²) >= 11 is 0. The van der Waals surface area contributed by atoms with Crippen molar-refractivity contribution in [2.24, 2.45) is 0 Å². The van der Waals surface area contributed by atoms with Gasteiger partial charge in [0.15, 0.2) is 0 Å². The lowest BCUT2D eigenvalue weighted by Crippen LogP contribution is -1.94. The normalized spacial score (nSPS) is 11.6. The molecule has 0 heterocycles. The summed E-state index contributed by atoms with van der Waals surface area (Å²) in [5.41, 5.74) is 2.47. The lowest BCUT2D eigenvalue weighted by atomic mass is 10.1. The van der Waals surface area contributed by atoms with Crippen molar-refractivity contribution in [1.29, 1.82) is 0 Å². The van der Waals surface area contributed by atoms with E-state index < -0.39 is 0 Å². The highest BCUT2D eigenvalue weighted by Gasteiger charge is 1.95. The molecule has 106 valence electrons. The smallest absolute Gasteiger partial charge is 0.118 e. The van der Waals surface area contributed by atoms with Crippen LogP contribution in [0.4, 0.5) is 0 Å². The van der Waals surface area contributed by atoms with E-state index in [0.717, 1.165) is 30.6 Å². The molecule has 0 spiro atoms. The SMILES string of the molecule is COc1ccc(COC/C=C(/C)CCCCO)cc1. The fourth-order valence-corrected chi connectivity index (χ4v) is 1.72. The molecule has 0 aliphatic carbocycles. The predicted molar refractivity (Wildman–Crippen MR) is 77.3 cm³/mol. The van der Waals surface area contributed by atoms with Gasteiger partial charge in [-0.15, -0.1) is 0 Å². The van der Waals surface area contributed by atoms with Crippen molar-refractivity contribution in [1.82, 2.24) is 0 Å². The Morgan fingerprint density at radius 1 is 1.21 bits per heavy atom. The van der Waals surface area contributed by atoms with E-state index in [1.807, 2.05) is 24.3 Å². The monoisotopic (exact) mass is 264 g/mol. The van der Waals surface area contributed by atoms with Gasteiger partial charge in [0, 0.05) is 6.61 Å². The van der Waals surface area contributed by atoms with Crippen molar-refractivity contribution < 1.29 is 14.6 Å². The van der Waals surface area contributed by atoms with Crippen molar-refractivity contribution in [2.75, 3.05) is 20.3 Å². The highest BCUT2D eigenvalue weighted by atomic mass is 16.5. The van der Waals surface area contributed by atoms with Gasteiger partial charge in [-0.25, -0.2) is 0 Å². The molecular weight excluding hydrogens is 240 g/mol. The highest BCUT2D eigenvalue weighted by Crippen LogP contribution is 2.12. The number of ether oxygens (including phenoxy) is 2. The standard InChI is InChI=1S/C16H24O3/c1-14(5-3-4-11-17)10-12-19-13-15-6-8-16(18-2)9-7-15/h6-10,17H,3-5,11-13H2,1-2H3/b14-10-. The molecular formula is C16H24O3. The molecule has 0 saturated carbocycles. The summed E-state index contributed by atoms with van der Waals surface area (Å²) in [6.07, 6.45) is 5.06. The Kier molecular flexibility index (Phi) is 7.94. The highest BCUT2D eigenvalue weighted by molar-refractivity contribution is 5.26. The first kappa shape index (κ1) is 15.7. The predicted octanol–water partition coefficient (Wildman–Crippen LogP) is 3.32. The van der Waals surface area contributed by atoms with Gasteiger partial charge >= 0.3 is 0 Å². The topological polar surface area (TPSA) is 38.7 Å². The van der Waals surface area contributed by atoms with Gasteiger partial charge in [0.25, 0.3) is 0 Å². The lowest BCUT2D eigenvalue weighted by Gasteiger charge is -2.05. The minimum absolute atomic E-state index is 0.279. The van der Waals surface area contributed by atoms with E-state index >= 15 is 0 Å². The largest absolute Gasteiger partial charge is 0.497 e. The number of benzene rings is 1. The van der Waals surface area contributed by atoms with Crippen molar-refractivity contribution in [3.8, 4) is 5.75 Å². The number of aliphatic hydroxyl groups excluding tert-OH is 1. The summed E-state index contributed by atoms with van der Waals surface area (Å²) in [7, 11) is 1.66. The summed E-state index contributed by atoms with van der Waals surface area (Å²) in [5, 5.41) is 8.70. The average Bonchev–Trinajstić information content (AvgIpc) is 2.44. The van der Waals surface area contributed by atoms with Crippen LogP contribution in [0.1, 0.15) is 31.7 Å². The van der Waals surface area contributed by atoms with Gasteiger partial charge in [0.2, 0.25) is 0 Å². The Labute approximate surface area is 115 Å². The van der Waals surface area contributed by atoms with E-state index in [1.165, 1.54) is 5.57 Å². The van der Waals surface area contributed by atoms with Crippen LogP contribution in [-0.2, 0) is 11.3 Å². The Bertz CT molecular complexity index is 368. The lowest BCUT2D eigenvalue weighted by molar-refractivity contribution is 0.148. The third-order valence-electron chi connectivity index (χ3n) is 2.96. The van der Waals surface area contributed by atoms with E-state index in [-0.39, 0.29) is 6.61 Å². The number of aliphatic hydroxyl groups is 1. The molecule has 3 nitrogen and oxygen atoms in total. The second-order valence-corrected chi connectivity index (χ2v) is 4.59. The van der Waals surface area contributed by atoms with E-state index in [2.05, 4.69) is 13.0 Å². The molecule has 0 fully saturated rings. The summed E-state index contributed by atoms with van der Waals surface area (Å²) in [6, 6.07) is 7.90. The zero-order valence-corrected chi connectivity index (χ0v) is 11.9. The van der Waals surface area contributed by atoms with Crippen molar-refractivity contribution in [3.63, 3.8) is 0 Å². The third-order valence-corrected chi connectivity index (χ3v) is 2.96. The number of hydrogen-bond acceptors (Lipinski definition) is 3. The number of unbranched alkanes of at least 4 members (excludes halogenated alkanes) is 1. The van der Waals surface area contributed by atoms with E-state index in [0.29, 0.717) is 13.2 Å². The minimum Gasteiger partial charge on any atom is -0.497 e. The number of methoxy groups -OCH3 is 1. The van der Waals surface area contributed by atoms with Crippen LogP contribution in [0.2, 0.25) is 0 Å². The molecule has 1 rings (SSSR count). The van der Waals surface area contributed by atoms with Crippen LogP contribution in [0.3, 0.4) is 0 Å². The second kappa shape index (κ2) is 9.59. The zero-order chi connectivity index (χ0) is 13.9. The molecule has 3 heteroatoms. The summed E-state index contributed by atoms with van der Waals surface area (Å²) in [5.74, 6) is 0.864. The molecule has 0 aromatic heterocycles. The molecule has 0 bridgehead atoms. The molecule has 0 aliphatic heterocycles. The molecule has 0 radical (unpaired) electrons. The number of rotatable bonds is 9. The molecule has 0 aliphatic rings. The van der Waals surface area contributed by atoms with Gasteiger partial charge in [0.05, 0.1) is 20.3 Å². The van der Waals surface area contributed by atoms with Crippen LogP contribution in [0, 0.1) is 0 Å². The van der Waals surface area contributed by atoms with Gasteiger partial charge in [0.1, 0.15) is 5.75 Å². The molecule has 0 amide bonds. The van der Waals surface area contributed by atoms with Crippen LogP contribution in [0.25, 0.3) is 0 Å².